The van der Waals surface area contributed by atoms with Gasteiger partial charge in [0.15, 0.2) is 0 Å². The fourth-order valence-electron chi connectivity index (χ4n) is 3.74. The van der Waals surface area contributed by atoms with E-state index >= 15 is 0 Å². The van der Waals surface area contributed by atoms with Crippen LogP contribution in [0.2, 0.25) is 0 Å². The summed E-state index contributed by atoms with van der Waals surface area (Å²) in [6, 6.07) is 28.1. The molecular formula is C31H27FN2O5. The highest BCUT2D eigenvalue weighted by molar-refractivity contribution is 5.99. The zero-order valence-electron chi connectivity index (χ0n) is 21.1. The fraction of sp³-hybridized carbons (Fsp3) is 0.129. The lowest BCUT2D eigenvalue weighted by molar-refractivity contribution is 0.0470. The van der Waals surface area contributed by atoms with E-state index in [4.69, 9.17) is 9.47 Å². The summed E-state index contributed by atoms with van der Waals surface area (Å²) < 4.78 is 24.2. The van der Waals surface area contributed by atoms with Crippen molar-refractivity contribution in [3.63, 3.8) is 0 Å². The summed E-state index contributed by atoms with van der Waals surface area (Å²) in [5, 5.41) is 5.32. The monoisotopic (exact) mass is 526 g/mol. The van der Waals surface area contributed by atoms with E-state index in [0.717, 1.165) is 16.7 Å². The predicted molar refractivity (Wildman–Crippen MR) is 145 cm³/mol. The molecule has 0 bridgehead atoms. The molecule has 0 aliphatic rings. The Bertz CT molecular complexity index is 1350. The van der Waals surface area contributed by atoms with Gasteiger partial charge in [-0.15, -0.1) is 0 Å². The topological polar surface area (TPSA) is 93.7 Å². The molecule has 7 nitrogen and oxygen atoms in total. The molecule has 4 rings (SSSR count). The number of anilines is 1. The minimum absolute atomic E-state index is 0.0473. The van der Waals surface area contributed by atoms with Crippen LogP contribution in [0.15, 0.2) is 103 Å². The van der Waals surface area contributed by atoms with Gasteiger partial charge in [0.25, 0.3) is 0 Å². The smallest absolute Gasteiger partial charge is 0.338 e. The van der Waals surface area contributed by atoms with Gasteiger partial charge in [-0.3, -0.25) is 0 Å². The maximum Gasteiger partial charge on any atom is 0.338 e. The maximum absolute atomic E-state index is 13.4. The van der Waals surface area contributed by atoms with Crippen LogP contribution in [-0.2, 0) is 29.1 Å². The average molecular weight is 527 g/mol. The Morgan fingerprint density at radius 1 is 0.641 bits per heavy atom. The number of hydrogen-bond donors (Lipinski definition) is 2. The summed E-state index contributed by atoms with van der Waals surface area (Å²) in [7, 11) is 0. The fourth-order valence-corrected chi connectivity index (χ4v) is 3.74. The van der Waals surface area contributed by atoms with Gasteiger partial charge < -0.3 is 20.1 Å². The van der Waals surface area contributed by atoms with E-state index in [-0.39, 0.29) is 42.4 Å². The first-order chi connectivity index (χ1) is 19.0. The highest BCUT2D eigenvalue weighted by atomic mass is 19.1. The number of benzene rings is 4. The first-order valence-corrected chi connectivity index (χ1v) is 12.3. The Morgan fingerprint density at radius 2 is 1.18 bits per heavy atom. The van der Waals surface area contributed by atoms with Crippen LogP contribution in [0.1, 0.15) is 37.4 Å². The van der Waals surface area contributed by atoms with Crippen LogP contribution in [0.3, 0.4) is 0 Å². The van der Waals surface area contributed by atoms with Crippen LogP contribution >= 0.6 is 0 Å². The van der Waals surface area contributed by atoms with Crippen LogP contribution in [0.25, 0.3) is 0 Å². The summed E-state index contributed by atoms with van der Waals surface area (Å²) >= 11 is 0. The third kappa shape index (κ3) is 8.53. The van der Waals surface area contributed by atoms with Gasteiger partial charge in [0.1, 0.15) is 19.0 Å². The quantitative estimate of drug-likeness (QED) is 0.251. The molecule has 39 heavy (non-hydrogen) atoms. The van der Waals surface area contributed by atoms with Crippen molar-refractivity contribution in [3.8, 4) is 0 Å². The summed E-state index contributed by atoms with van der Waals surface area (Å²) in [5.41, 5.74) is 2.71. The lowest BCUT2D eigenvalue weighted by Crippen LogP contribution is -2.30. The van der Waals surface area contributed by atoms with E-state index < -0.39 is 18.0 Å². The van der Waals surface area contributed by atoms with Gasteiger partial charge >= 0.3 is 18.0 Å². The number of carbonyl (C=O) groups excluding carboxylic acids is 3. The largest absolute Gasteiger partial charge is 0.457 e. The molecular weight excluding hydrogens is 499 g/mol. The number of hydrogen-bond acceptors (Lipinski definition) is 5. The lowest BCUT2D eigenvalue weighted by Gasteiger charge is -2.12. The summed E-state index contributed by atoms with van der Waals surface area (Å²) in [4.78, 5) is 38.2. The van der Waals surface area contributed by atoms with Gasteiger partial charge in [0, 0.05) is 12.2 Å². The van der Waals surface area contributed by atoms with Crippen LogP contribution in [0.5, 0.6) is 0 Å². The molecule has 0 aliphatic heterocycles. The molecule has 198 valence electrons. The molecule has 2 N–H and O–H groups in total. The van der Waals surface area contributed by atoms with Crippen molar-refractivity contribution in [2.24, 2.45) is 0 Å². The second-order valence-corrected chi connectivity index (χ2v) is 8.68. The Hall–Kier alpha value is -4.98. The first kappa shape index (κ1) is 27.1. The number of ether oxygens (including phenoxy) is 2. The molecule has 0 fully saturated rings. The molecule has 4 aromatic carbocycles. The lowest BCUT2D eigenvalue weighted by atomic mass is 10.1. The van der Waals surface area contributed by atoms with E-state index in [1.807, 2.05) is 60.7 Å². The standard InChI is InChI=1S/C31H27FN2O5/c32-27-13-7-12-22(16-27)14-15-33-31(37)34-28-18-25(29(35)38-20-23-8-3-1-4-9-23)17-26(19-28)30(36)39-21-24-10-5-2-6-11-24/h1-13,16-19H,14-15,20-21H2,(H2,33,34,37). The molecule has 0 radical (unpaired) electrons. The Balaban J connectivity index is 1.44. The van der Waals surface area contributed by atoms with Gasteiger partial charge in [-0.1, -0.05) is 72.8 Å². The van der Waals surface area contributed by atoms with Crippen molar-refractivity contribution < 1.29 is 28.2 Å². The highest BCUT2D eigenvalue weighted by Crippen LogP contribution is 2.19. The van der Waals surface area contributed by atoms with Gasteiger partial charge in [0.2, 0.25) is 0 Å². The minimum Gasteiger partial charge on any atom is -0.457 e. The number of rotatable bonds is 10. The molecule has 0 spiro atoms. The zero-order chi connectivity index (χ0) is 27.5. The minimum atomic E-state index is -0.661. The number of amides is 2. The summed E-state index contributed by atoms with van der Waals surface area (Å²) in [6.45, 7) is 0.345. The van der Waals surface area contributed by atoms with Crippen molar-refractivity contribution in [1.82, 2.24) is 5.32 Å². The molecule has 0 saturated heterocycles. The SMILES string of the molecule is O=C(NCCc1cccc(F)c1)Nc1cc(C(=O)OCc2ccccc2)cc(C(=O)OCc2ccccc2)c1. The Kier molecular flexibility index (Phi) is 9.39. The van der Waals surface area contributed by atoms with Crippen molar-refractivity contribution >= 4 is 23.7 Å². The van der Waals surface area contributed by atoms with E-state index in [1.54, 1.807) is 12.1 Å². The van der Waals surface area contributed by atoms with Crippen LogP contribution in [0, 0.1) is 5.82 Å². The third-order valence-electron chi connectivity index (χ3n) is 5.68. The second-order valence-electron chi connectivity index (χ2n) is 8.68. The Morgan fingerprint density at radius 3 is 1.72 bits per heavy atom. The maximum atomic E-state index is 13.4. The molecule has 0 aromatic heterocycles. The van der Waals surface area contributed by atoms with Gasteiger partial charge in [-0.05, 0) is 53.4 Å². The number of urea groups is 1. The normalized spacial score (nSPS) is 10.4. The van der Waals surface area contributed by atoms with Crippen molar-refractivity contribution in [2.75, 3.05) is 11.9 Å². The molecule has 4 aromatic rings. The number of halogens is 1. The number of nitrogens with one attached hydrogen (secondary N) is 2. The van der Waals surface area contributed by atoms with Crippen molar-refractivity contribution in [1.29, 1.82) is 0 Å². The van der Waals surface area contributed by atoms with Crippen molar-refractivity contribution in [3.05, 3.63) is 137 Å². The van der Waals surface area contributed by atoms with Crippen molar-refractivity contribution in [2.45, 2.75) is 19.6 Å². The zero-order valence-corrected chi connectivity index (χ0v) is 21.1. The van der Waals surface area contributed by atoms with E-state index in [0.29, 0.717) is 6.42 Å². The predicted octanol–water partition coefficient (Wildman–Crippen LogP) is 5.90. The average Bonchev–Trinajstić information content (AvgIpc) is 2.95. The Labute approximate surface area is 225 Å². The molecule has 0 atom stereocenters. The molecule has 0 saturated carbocycles. The first-order valence-electron chi connectivity index (χ1n) is 12.3. The van der Waals surface area contributed by atoms with Gasteiger partial charge in [-0.2, -0.15) is 0 Å². The van der Waals surface area contributed by atoms with E-state index in [9.17, 15) is 18.8 Å². The van der Waals surface area contributed by atoms with Crippen LogP contribution in [-0.4, -0.2) is 24.5 Å². The van der Waals surface area contributed by atoms with E-state index in [1.165, 1.54) is 30.3 Å². The molecule has 0 aliphatic carbocycles. The van der Waals surface area contributed by atoms with E-state index in [2.05, 4.69) is 10.6 Å². The van der Waals surface area contributed by atoms with Crippen LogP contribution < -0.4 is 10.6 Å². The molecule has 0 heterocycles. The third-order valence-corrected chi connectivity index (χ3v) is 5.68. The summed E-state index contributed by atoms with van der Waals surface area (Å²) in [6.07, 6.45) is 0.425. The highest BCUT2D eigenvalue weighted by Gasteiger charge is 2.17. The van der Waals surface area contributed by atoms with Crippen LogP contribution in [0.4, 0.5) is 14.9 Å². The number of esters is 2. The molecule has 8 heteroatoms. The number of carbonyl (C=O) groups is 3. The van der Waals surface area contributed by atoms with Gasteiger partial charge in [0.05, 0.1) is 11.1 Å². The molecule has 2 amide bonds. The van der Waals surface area contributed by atoms with Gasteiger partial charge in [-0.25, -0.2) is 18.8 Å². The second kappa shape index (κ2) is 13.5. The summed E-state index contributed by atoms with van der Waals surface area (Å²) in [5.74, 6) is -1.67. The molecule has 0 unspecified atom stereocenters.